The van der Waals surface area contributed by atoms with Gasteiger partial charge in [0.15, 0.2) is 11.6 Å². The highest BCUT2D eigenvalue weighted by atomic mass is 32.1. The summed E-state index contributed by atoms with van der Waals surface area (Å²) in [5.41, 5.74) is 2.81. The lowest BCUT2D eigenvalue weighted by Crippen LogP contribution is -2.41. The molecule has 2 amide bonds. The fraction of sp³-hybridized carbons (Fsp3) is 0.280. The summed E-state index contributed by atoms with van der Waals surface area (Å²) < 4.78 is 32.0. The zero-order valence-corrected chi connectivity index (χ0v) is 19.0. The lowest BCUT2D eigenvalue weighted by molar-refractivity contribution is -0.116. The van der Waals surface area contributed by atoms with E-state index in [1.807, 2.05) is 37.3 Å². The minimum Gasteiger partial charge on any atom is -0.378 e. The van der Waals surface area contributed by atoms with Gasteiger partial charge in [-0.05, 0) is 42.2 Å². The number of nitrogens with zero attached hydrogens (tertiary/aromatic N) is 1. The van der Waals surface area contributed by atoms with E-state index in [-0.39, 0.29) is 24.7 Å². The van der Waals surface area contributed by atoms with Gasteiger partial charge in [-0.3, -0.25) is 9.59 Å². The van der Waals surface area contributed by atoms with Crippen molar-refractivity contribution in [3.8, 4) is 10.4 Å². The van der Waals surface area contributed by atoms with Crippen molar-refractivity contribution in [2.24, 2.45) is 0 Å². The molecule has 1 aliphatic rings. The van der Waals surface area contributed by atoms with E-state index in [0.29, 0.717) is 42.4 Å². The average Bonchev–Trinajstić information content (AvgIpc) is 3.16. The number of anilines is 1. The average molecular weight is 471 g/mol. The van der Waals surface area contributed by atoms with Gasteiger partial charge in [0.05, 0.1) is 18.8 Å². The van der Waals surface area contributed by atoms with Crippen molar-refractivity contribution in [1.29, 1.82) is 0 Å². The van der Waals surface area contributed by atoms with Crippen LogP contribution in [0.4, 0.5) is 13.8 Å². The Labute approximate surface area is 195 Å². The summed E-state index contributed by atoms with van der Waals surface area (Å²) in [6.07, 6.45) is 0.333. The topological polar surface area (TPSA) is 58.6 Å². The molecular weight excluding hydrogens is 446 g/mol. The van der Waals surface area contributed by atoms with E-state index in [0.717, 1.165) is 28.1 Å². The van der Waals surface area contributed by atoms with Crippen LogP contribution in [-0.4, -0.2) is 43.0 Å². The third kappa shape index (κ3) is 5.29. The molecule has 3 aromatic rings. The number of thiophene rings is 1. The predicted molar refractivity (Wildman–Crippen MR) is 125 cm³/mol. The molecule has 0 spiro atoms. The molecule has 0 bridgehead atoms. The largest absolute Gasteiger partial charge is 0.378 e. The van der Waals surface area contributed by atoms with Gasteiger partial charge < -0.3 is 15.0 Å². The lowest BCUT2D eigenvalue weighted by atomic mass is 10.1. The second kappa shape index (κ2) is 10.2. The monoisotopic (exact) mass is 470 g/mol. The number of rotatable bonds is 6. The number of nitrogens with one attached hydrogen (secondary N) is 1. The first-order valence-corrected chi connectivity index (χ1v) is 11.6. The van der Waals surface area contributed by atoms with E-state index in [9.17, 15) is 18.4 Å². The molecule has 0 atom stereocenters. The van der Waals surface area contributed by atoms with Gasteiger partial charge in [-0.25, -0.2) is 8.78 Å². The van der Waals surface area contributed by atoms with Crippen LogP contribution in [0.2, 0.25) is 0 Å². The highest BCUT2D eigenvalue weighted by Gasteiger charge is 2.27. The van der Waals surface area contributed by atoms with Crippen LogP contribution in [0.5, 0.6) is 0 Å². The van der Waals surface area contributed by atoms with Crippen molar-refractivity contribution < 1.29 is 23.1 Å². The Kier molecular flexibility index (Phi) is 7.15. The molecule has 1 N–H and O–H groups in total. The molecule has 2 aromatic carbocycles. The molecule has 4 rings (SSSR count). The lowest BCUT2D eigenvalue weighted by Gasteiger charge is -2.27. The maximum absolute atomic E-state index is 13.5. The quantitative estimate of drug-likeness (QED) is 0.549. The SMILES string of the molecule is Cc1c(-c2ccccc2)sc(NC(=O)CCc2ccc(F)c(F)c2)c1C(=O)N1CCOCC1. The van der Waals surface area contributed by atoms with Crippen molar-refractivity contribution in [1.82, 2.24) is 4.90 Å². The van der Waals surface area contributed by atoms with Gasteiger partial charge in [0.25, 0.3) is 5.91 Å². The zero-order chi connectivity index (χ0) is 23.4. The van der Waals surface area contributed by atoms with Crippen LogP contribution in [0.3, 0.4) is 0 Å². The van der Waals surface area contributed by atoms with Crippen LogP contribution in [0, 0.1) is 18.6 Å². The number of ether oxygens (including phenoxy) is 1. The van der Waals surface area contributed by atoms with Crippen molar-refractivity contribution in [3.05, 3.63) is 76.9 Å². The third-order valence-corrected chi connectivity index (χ3v) is 6.83. The maximum Gasteiger partial charge on any atom is 0.257 e. The molecule has 172 valence electrons. The summed E-state index contributed by atoms with van der Waals surface area (Å²) in [5.74, 6) is -2.29. The zero-order valence-electron chi connectivity index (χ0n) is 18.2. The summed E-state index contributed by atoms with van der Waals surface area (Å²) in [4.78, 5) is 28.8. The summed E-state index contributed by atoms with van der Waals surface area (Å²) in [6.45, 7) is 3.85. The van der Waals surface area contributed by atoms with Gasteiger partial charge in [-0.1, -0.05) is 36.4 Å². The first-order valence-electron chi connectivity index (χ1n) is 10.7. The molecule has 0 aliphatic carbocycles. The number of hydrogen-bond acceptors (Lipinski definition) is 4. The van der Waals surface area contributed by atoms with Crippen molar-refractivity contribution >= 4 is 28.2 Å². The maximum atomic E-state index is 13.5. The Morgan fingerprint density at radius 1 is 1.06 bits per heavy atom. The first kappa shape index (κ1) is 23.1. The second-order valence-electron chi connectivity index (χ2n) is 7.83. The minimum atomic E-state index is -0.937. The van der Waals surface area contributed by atoms with Crippen LogP contribution < -0.4 is 5.32 Å². The van der Waals surface area contributed by atoms with Gasteiger partial charge >= 0.3 is 0 Å². The Morgan fingerprint density at radius 3 is 2.48 bits per heavy atom. The number of aryl methyl sites for hydroxylation is 1. The Balaban J connectivity index is 1.58. The standard InChI is InChI=1S/C25H24F2N2O3S/c1-16-22(25(31)29-11-13-32-14-12-29)24(33-23(16)18-5-3-2-4-6-18)28-21(30)10-8-17-7-9-19(26)20(27)15-17/h2-7,9,15H,8,10-14H2,1H3,(H,28,30). The van der Waals surface area contributed by atoms with Gasteiger partial charge in [0, 0.05) is 24.4 Å². The summed E-state index contributed by atoms with van der Waals surface area (Å²) >= 11 is 1.37. The molecule has 0 unspecified atom stereocenters. The van der Waals surface area contributed by atoms with Crippen LogP contribution in [-0.2, 0) is 16.0 Å². The second-order valence-corrected chi connectivity index (χ2v) is 8.85. The highest BCUT2D eigenvalue weighted by Crippen LogP contribution is 2.40. The van der Waals surface area contributed by atoms with Gasteiger partial charge in [0.1, 0.15) is 5.00 Å². The highest BCUT2D eigenvalue weighted by molar-refractivity contribution is 7.20. The normalized spacial score (nSPS) is 13.7. The third-order valence-electron chi connectivity index (χ3n) is 5.57. The molecular formula is C25H24F2N2O3S. The number of hydrogen-bond donors (Lipinski definition) is 1. The number of amides is 2. The first-order chi connectivity index (χ1) is 15.9. The Hall–Kier alpha value is -3.10. The van der Waals surface area contributed by atoms with Gasteiger partial charge in [0.2, 0.25) is 5.91 Å². The predicted octanol–water partition coefficient (Wildman–Crippen LogP) is 5.05. The molecule has 1 saturated heterocycles. The molecule has 2 heterocycles. The Bertz CT molecular complexity index is 1160. The molecule has 1 fully saturated rings. The van der Waals surface area contributed by atoms with E-state index in [1.165, 1.54) is 17.4 Å². The number of morpholine rings is 1. The van der Waals surface area contributed by atoms with Crippen LogP contribution in [0.25, 0.3) is 10.4 Å². The van der Waals surface area contributed by atoms with Gasteiger partial charge in [-0.15, -0.1) is 11.3 Å². The molecule has 8 heteroatoms. The molecule has 5 nitrogen and oxygen atoms in total. The number of halogens is 2. The van der Waals surface area contributed by atoms with Crippen LogP contribution in [0.15, 0.2) is 48.5 Å². The smallest absolute Gasteiger partial charge is 0.257 e. The van der Waals surface area contributed by atoms with E-state index in [2.05, 4.69) is 5.32 Å². The van der Waals surface area contributed by atoms with E-state index < -0.39 is 11.6 Å². The molecule has 1 aliphatic heterocycles. The molecule has 0 radical (unpaired) electrons. The fourth-order valence-electron chi connectivity index (χ4n) is 3.79. The van der Waals surface area contributed by atoms with Crippen LogP contribution >= 0.6 is 11.3 Å². The number of benzene rings is 2. The van der Waals surface area contributed by atoms with Gasteiger partial charge in [-0.2, -0.15) is 0 Å². The number of carbonyl (C=O) groups excluding carboxylic acids is 2. The van der Waals surface area contributed by atoms with E-state index in [1.54, 1.807) is 4.90 Å². The Morgan fingerprint density at radius 2 is 1.79 bits per heavy atom. The molecule has 33 heavy (non-hydrogen) atoms. The summed E-state index contributed by atoms with van der Waals surface area (Å²) in [5, 5.41) is 3.39. The van der Waals surface area contributed by atoms with Crippen molar-refractivity contribution in [2.45, 2.75) is 19.8 Å². The minimum absolute atomic E-state index is 0.0773. The summed E-state index contributed by atoms with van der Waals surface area (Å²) in [7, 11) is 0. The van der Waals surface area contributed by atoms with Crippen molar-refractivity contribution in [2.75, 3.05) is 31.6 Å². The number of carbonyl (C=O) groups is 2. The molecule has 0 saturated carbocycles. The molecule has 1 aromatic heterocycles. The van der Waals surface area contributed by atoms with Crippen molar-refractivity contribution in [3.63, 3.8) is 0 Å². The summed E-state index contributed by atoms with van der Waals surface area (Å²) in [6, 6.07) is 13.3. The van der Waals surface area contributed by atoms with E-state index in [4.69, 9.17) is 4.74 Å². The van der Waals surface area contributed by atoms with E-state index >= 15 is 0 Å². The fourth-order valence-corrected chi connectivity index (χ4v) is 5.01. The van der Waals surface area contributed by atoms with Crippen LogP contribution in [0.1, 0.15) is 27.9 Å².